The number of carbonyl (C=O) groups excluding carboxylic acids is 2. The summed E-state index contributed by atoms with van der Waals surface area (Å²) in [5.74, 6) is 0.338. The predicted molar refractivity (Wildman–Crippen MR) is 133 cm³/mol. The molecule has 0 radical (unpaired) electrons. The van der Waals surface area contributed by atoms with E-state index in [0.29, 0.717) is 27.5 Å². The van der Waals surface area contributed by atoms with E-state index >= 15 is 0 Å². The lowest BCUT2D eigenvalue weighted by atomic mass is 9.96. The number of rotatable bonds is 5. The fourth-order valence-corrected chi connectivity index (χ4v) is 6.61. The van der Waals surface area contributed by atoms with Crippen LogP contribution >= 0.6 is 35.7 Å². The number of hydrogen-bond donors (Lipinski definition) is 0. The number of thiocarbonyl (C=S) groups is 1. The van der Waals surface area contributed by atoms with Crippen LogP contribution in [0.15, 0.2) is 52.3 Å². The van der Waals surface area contributed by atoms with Crippen LogP contribution in [0.4, 0.5) is 11.4 Å². The molecule has 0 aromatic heterocycles. The number of hydrogen-bond acceptors (Lipinski definition) is 6. The molecule has 5 rings (SSSR count). The summed E-state index contributed by atoms with van der Waals surface area (Å²) >= 11 is 8.29. The molecule has 0 bridgehead atoms. The highest BCUT2D eigenvalue weighted by atomic mass is 32.2. The lowest BCUT2D eigenvalue weighted by molar-refractivity contribution is -0.124. The van der Waals surface area contributed by atoms with Gasteiger partial charge in [0.15, 0.2) is 0 Å². The van der Waals surface area contributed by atoms with Crippen molar-refractivity contribution >= 4 is 69.7 Å². The van der Waals surface area contributed by atoms with Crippen LogP contribution in [0, 0.1) is 0 Å². The van der Waals surface area contributed by atoms with Crippen molar-refractivity contribution in [2.75, 3.05) is 17.7 Å². The standard InChI is InChI=1S/C24H22N2O2S3/c1-30-17-8-6-16(7-9-17)26-20-4-2-3-18(20)19-13-15(5-10-21(19)26)14-22-23(28)25(11-12-27)24(29)31-22/h5-10,12-14,18,20H,2-4,11H2,1H3/b22-14-. The first-order valence-electron chi connectivity index (χ1n) is 10.4. The number of thioether (sulfide) groups is 2. The van der Waals surface area contributed by atoms with Crippen molar-refractivity contribution in [2.24, 2.45) is 0 Å². The number of aldehydes is 1. The summed E-state index contributed by atoms with van der Waals surface area (Å²) in [5.41, 5.74) is 4.90. The second kappa shape index (κ2) is 8.45. The maximum Gasteiger partial charge on any atom is 0.266 e. The van der Waals surface area contributed by atoms with Gasteiger partial charge in [0.05, 0.1) is 11.4 Å². The summed E-state index contributed by atoms with van der Waals surface area (Å²) in [6, 6.07) is 15.8. The van der Waals surface area contributed by atoms with Crippen LogP contribution in [0.3, 0.4) is 0 Å². The highest BCUT2D eigenvalue weighted by Crippen LogP contribution is 2.52. The Kier molecular flexibility index (Phi) is 5.67. The summed E-state index contributed by atoms with van der Waals surface area (Å²) in [5, 5.41) is 0. The van der Waals surface area contributed by atoms with Gasteiger partial charge >= 0.3 is 0 Å². The zero-order valence-electron chi connectivity index (χ0n) is 17.1. The molecule has 7 heteroatoms. The van der Waals surface area contributed by atoms with E-state index in [4.69, 9.17) is 12.2 Å². The minimum atomic E-state index is -0.183. The fourth-order valence-electron chi connectivity index (χ4n) is 4.93. The van der Waals surface area contributed by atoms with Crippen molar-refractivity contribution < 1.29 is 9.59 Å². The van der Waals surface area contributed by atoms with E-state index in [-0.39, 0.29) is 12.5 Å². The number of nitrogens with zero attached hydrogens (tertiary/aromatic N) is 2. The number of anilines is 2. The van der Waals surface area contributed by atoms with E-state index in [2.05, 4.69) is 53.6 Å². The lowest BCUT2D eigenvalue weighted by Crippen LogP contribution is -2.29. The summed E-state index contributed by atoms with van der Waals surface area (Å²) in [4.78, 5) is 29.2. The third-order valence-corrected chi connectivity index (χ3v) is 8.42. The van der Waals surface area contributed by atoms with E-state index in [1.54, 1.807) is 11.8 Å². The first-order valence-corrected chi connectivity index (χ1v) is 12.8. The first kappa shape index (κ1) is 20.8. The number of amides is 1. The maximum atomic E-state index is 12.6. The summed E-state index contributed by atoms with van der Waals surface area (Å²) in [6.07, 6.45) is 8.35. The molecular weight excluding hydrogens is 444 g/mol. The molecule has 0 N–H and O–H groups in total. The molecule has 2 aromatic carbocycles. The molecule has 2 unspecified atom stereocenters. The molecule has 0 spiro atoms. The van der Waals surface area contributed by atoms with Crippen molar-refractivity contribution in [1.29, 1.82) is 0 Å². The van der Waals surface area contributed by atoms with E-state index < -0.39 is 0 Å². The quantitative estimate of drug-likeness (QED) is 0.247. The molecule has 2 aliphatic heterocycles. The van der Waals surface area contributed by atoms with Crippen LogP contribution < -0.4 is 4.90 Å². The van der Waals surface area contributed by atoms with Crippen molar-refractivity contribution in [3.63, 3.8) is 0 Å². The van der Waals surface area contributed by atoms with E-state index in [9.17, 15) is 9.59 Å². The Morgan fingerprint density at radius 3 is 2.74 bits per heavy atom. The van der Waals surface area contributed by atoms with Crippen LogP contribution in [0.25, 0.3) is 6.08 Å². The molecule has 1 amide bonds. The molecule has 2 atom stereocenters. The van der Waals surface area contributed by atoms with E-state index in [1.807, 2.05) is 6.08 Å². The van der Waals surface area contributed by atoms with Crippen molar-refractivity contribution in [3.05, 3.63) is 58.5 Å². The van der Waals surface area contributed by atoms with Gasteiger partial charge in [-0.05, 0) is 72.7 Å². The van der Waals surface area contributed by atoms with Gasteiger partial charge < -0.3 is 9.69 Å². The predicted octanol–water partition coefficient (Wildman–Crippen LogP) is 5.60. The molecular formula is C24H22N2O2S3. The van der Waals surface area contributed by atoms with Crippen molar-refractivity contribution in [2.45, 2.75) is 36.1 Å². The highest BCUT2D eigenvalue weighted by molar-refractivity contribution is 8.26. The molecule has 2 aromatic rings. The lowest BCUT2D eigenvalue weighted by Gasteiger charge is -2.27. The topological polar surface area (TPSA) is 40.6 Å². The summed E-state index contributed by atoms with van der Waals surface area (Å²) in [7, 11) is 0. The monoisotopic (exact) mass is 466 g/mol. The Balaban J connectivity index is 1.49. The zero-order valence-corrected chi connectivity index (χ0v) is 19.6. The van der Waals surface area contributed by atoms with Gasteiger partial charge in [0.2, 0.25) is 0 Å². The third-order valence-electron chi connectivity index (χ3n) is 6.30. The minimum absolute atomic E-state index is 0.0141. The zero-order chi connectivity index (χ0) is 21.5. The smallest absolute Gasteiger partial charge is 0.266 e. The molecule has 158 valence electrons. The molecule has 1 saturated carbocycles. The second-order valence-corrected chi connectivity index (χ2v) is 10.5. The molecule has 1 aliphatic carbocycles. The second-order valence-electron chi connectivity index (χ2n) is 7.95. The number of fused-ring (bicyclic) bond motifs is 3. The van der Waals surface area contributed by atoms with E-state index in [1.165, 1.54) is 57.8 Å². The van der Waals surface area contributed by atoms with Gasteiger partial charge in [-0.1, -0.05) is 36.5 Å². The Hall–Kier alpha value is -2.09. The van der Waals surface area contributed by atoms with Gasteiger partial charge in [-0.15, -0.1) is 11.8 Å². The molecule has 4 nitrogen and oxygen atoms in total. The van der Waals surface area contributed by atoms with Gasteiger partial charge in [0.25, 0.3) is 5.91 Å². The van der Waals surface area contributed by atoms with Crippen LogP contribution in [-0.4, -0.2) is 40.3 Å². The Morgan fingerprint density at radius 2 is 2.00 bits per heavy atom. The number of benzene rings is 2. The maximum absolute atomic E-state index is 12.6. The van der Waals surface area contributed by atoms with Gasteiger partial charge in [-0.25, -0.2) is 0 Å². The first-order chi connectivity index (χ1) is 15.1. The summed E-state index contributed by atoms with van der Waals surface area (Å²) in [6.45, 7) is 0.0141. The van der Waals surface area contributed by atoms with Crippen LogP contribution in [0.5, 0.6) is 0 Å². The van der Waals surface area contributed by atoms with Gasteiger partial charge in [0, 0.05) is 28.2 Å². The molecule has 2 heterocycles. The molecule has 3 aliphatic rings. The average Bonchev–Trinajstić information content (AvgIpc) is 3.44. The van der Waals surface area contributed by atoms with Crippen LogP contribution in [-0.2, 0) is 9.59 Å². The van der Waals surface area contributed by atoms with Crippen LogP contribution in [0.1, 0.15) is 36.3 Å². The average molecular weight is 467 g/mol. The normalized spacial score (nSPS) is 23.6. The minimum Gasteiger partial charge on any atom is -0.338 e. The highest BCUT2D eigenvalue weighted by Gasteiger charge is 2.42. The van der Waals surface area contributed by atoms with E-state index in [0.717, 1.165) is 5.56 Å². The third kappa shape index (κ3) is 3.62. The number of carbonyl (C=O) groups is 2. The Bertz CT molecular complexity index is 1100. The SMILES string of the molecule is CSc1ccc(N2c3ccc(/C=C4\SC(=S)N(CC=O)C4=O)cc3C3CCCC32)cc1. The molecule has 31 heavy (non-hydrogen) atoms. The molecule has 1 saturated heterocycles. The summed E-state index contributed by atoms with van der Waals surface area (Å²) < 4.78 is 0.445. The van der Waals surface area contributed by atoms with Crippen molar-refractivity contribution in [3.8, 4) is 0 Å². The Labute approximate surface area is 196 Å². The van der Waals surface area contributed by atoms with Gasteiger partial charge in [-0.3, -0.25) is 9.69 Å². The van der Waals surface area contributed by atoms with Gasteiger partial charge in [-0.2, -0.15) is 0 Å². The molecule has 2 fully saturated rings. The fraction of sp³-hybridized carbons (Fsp3) is 0.292. The Morgan fingerprint density at radius 1 is 1.19 bits per heavy atom. The van der Waals surface area contributed by atoms with Crippen molar-refractivity contribution in [1.82, 2.24) is 4.90 Å². The largest absolute Gasteiger partial charge is 0.338 e. The van der Waals surface area contributed by atoms with Crippen LogP contribution in [0.2, 0.25) is 0 Å². The van der Waals surface area contributed by atoms with Gasteiger partial charge in [0.1, 0.15) is 10.6 Å².